The van der Waals surface area contributed by atoms with Crippen molar-refractivity contribution in [2.45, 2.75) is 51.2 Å². The maximum atomic E-state index is 11.5. The van der Waals surface area contributed by atoms with Crippen LogP contribution in [0.2, 0.25) is 0 Å². The number of aliphatic carboxylic acids is 2. The Balaban J connectivity index is 4.80. The Kier molecular flexibility index (Phi) is 6.84. The highest BCUT2D eigenvalue weighted by atomic mass is 16.5. The quantitative estimate of drug-likeness (QED) is 0.503. The molecular formula is C12H18O8. The van der Waals surface area contributed by atoms with Gasteiger partial charge in [0.05, 0.1) is 12.8 Å². The Bertz CT molecular complexity index is 402. The average molecular weight is 290 g/mol. The van der Waals surface area contributed by atoms with Crippen molar-refractivity contribution in [1.82, 2.24) is 0 Å². The molecule has 0 aromatic carbocycles. The highest BCUT2D eigenvalue weighted by molar-refractivity contribution is 5.89. The summed E-state index contributed by atoms with van der Waals surface area (Å²) >= 11 is 0. The normalized spacial score (nSPS) is 14.9. The fourth-order valence-corrected chi connectivity index (χ4v) is 1.51. The maximum Gasteiger partial charge on any atom is 0.336 e. The molecule has 0 saturated carbocycles. The zero-order valence-corrected chi connectivity index (χ0v) is 11.3. The van der Waals surface area contributed by atoms with Crippen molar-refractivity contribution < 1.29 is 39.2 Å². The van der Waals surface area contributed by atoms with Crippen molar-refractivity contribution in [2.75, 3.05) is 0 Å². The Morgan fingerprint density at radius 1 is 1.15 bits per heavy atom. The molecule has 0 spiro atoms. The van der Waals surface area contributed by atoms with Crippen molar-refractivity contribution in [3.8, 4) is 0 Å². The number of carbonyl (C=O) groups excluding carboxylic acids is 2. The lowest BCUT2D eigenvalue weighted by Crippen LogP contribution is -2.43. The molecule has 0 saturated heterocycles. The van der Waals surface area contributed by atoms with E-state index in [0.29, 0.717) is 6.42 Å². The molecule has 0 aromatic rings. The molecule has 0 aromatic heterocycles. The number of ether oxygens (including phenoxy) is 1. The Labute approximate surface area is 115 Å². The van der Waals surface area contributed by atoms with Crippen LogP contribution in [-0.2, 0) is 23.9 Å². The summed E-state index contributed by atoms with van der Waals surface area (Å²) in [5.41, 5.74) is -2.75. The SMILES string of the molecule is CCCC(OC(=O)CC(O)(CC(=O)O)C(=O)O)C(C)=O. The summed E-state index contributed by atoms with van der Waals surface area (Å²) in [6.07, 6.45) is -2.37. The topological polar surface area (TPSA) is 138 Å². The Morgan fingerprint density at radius 3 is 2.05 bits per heavy atom. The summed E-state index contributed by atoms with van der Waals surface area (Å²) in [6, 6.07) is 0. The van der Waals surface area contributed by atoms with Crippen LogP contribution in [0.15, 0.2) is 0 Å². The Morgan fingerprint density at radius 2 is 1.70 bits per heavy atom. The molecule has 20 heavy (non-hydrogen) atoms. The summed E-state index contributed by atoms with van der Waals surface area (Å²) in [5, 5.41) is 27.0. The van der Waals surface area contributed by atoms with Crippen molar-refractivity contribution in [3.05, 3.63) is 0 Å². The van der Waals surface area contributed by atoms with Crippen LogP contribution in [0.3, 0.4) is 0 Å². The minimum atomic E-state index is -2.75. The highest BCUT2D eigenvalue weighted by Crippen LogP contribution is 2.18. The second-order valence-electron chi connectivity index (χ2n) is 4.46. The average Bonchev–Trinajstić information content (AvgIpc) is 2.26. The van der Waals surface area contributed by atoms with Crippen LogP contribution in [0.5, 0.6) is 0 Å². The van der Waals surface area contributed by atoms with E-state index in [-0.39, 0.29) is 6.42 Å². The fourth-order valence-electron chi connectivity index (χ4n) is 1.51. The van der Waals surface area contributed by atoms with Crippen LogP contribution in [0.1, 0.15) is 39.5 Å². The van der Waals surface area contributed by atoms with E-state index >= 15 is 0 Å². The van der Waals surface area contributed by atoms with Crippen molar-refractivity contribution in [2.24, 2.45) is 0 Å². The lowest BCUT2D eigenvalue weighted by atomic mass is 9.96. The van der Waals surface area contributed by atoms with Gasteiger partial charge in [0.15, 0.2) is 17.5 Å². The molecule has 0 radical (unpaired) electrons. The number of carboxylic acids is 2. The van der Waals surface area contributed by atoms with E-state index in [1.54, 1.807) is 6.92 Å². The van der Waals surface area contributed by atoms with Crippen LogP contribution in [0.25, 0.3) is 0 Å². The molecule has 0 aliphatic heterocycles. The van der Waals surface area contributed by atoms with Gasteiger partial charge in [0, 0.05) is 0 Å². The minimum Gasteiger partial charge on any atom is -0.481 e. The molecule has 0 fully saturated rings. The Hall–Kier alpha value is -1.96. The van der Waals surface area contributed by atoms with Gasteiger partial charge in [0.1, 0.15) is 0 Å². The van der Waals surface area contributed by atoms with E-state index in [9.17, 15) is 24.3 Å². The summed E-state index contributed by atoms with van der Waals surface area (Å²) in [7, 11) is 0. The smallest absolute Gasteiger partial charge is 0.336 e. The molecule has 3 N–H and O–H groups in total. The van der Waals surface area contributed by atoms with Crippen LogP contribution in [0, 0.1) is 0 Å². The van der Waals surface area contributed by atoms with Crippen LogP contribution >= 0.6 is 0 Å². The number of carboxylic acid groups (broad SMARTS) is 2. The molecule has 0 aliphatic rings. The van der Waals surface area contributed by atoms with Gasteiger partial charge in [-0.15, -0.1) is 0 Å². The van der Waals surface area contributed by atoms with Gasteiger partial charge in [0.2, 0.25) is 0 Å². The summed E-state index contributed by atoms with van der Waals surface area (Å²) in [4.78, 5) is 44.1. The number of Topliss-reactive ketones (excluding diaryl/α,β-unsaturated/α-hetero) is 1. The summed E-state index contributed by atoms with van der Waals surface area (Å²) in [5.74, 6) is -4.95. The number of ketones is 1. The predicted octanol–water partition coefficient (Wildman–Crippen LogP) is -0.0322. The first-order chi connectivity index (χ1) is 9.12. The number of aliphatic hydroxyl groups is 1. The van der Waals surface area contributed by atoms with Crippen LogP contribution < -0.4 is 0 Å². The molecule has 0 aliphatic carbocycles. The van der Waals surface area contributed by atoms with E-state index in [0.717, 1.165) is 0 Å². The molecule has 0 rings (SSSR count). The molecule has 0 heterocycles. The van der Waals surface area contributed by atoms with Gasteiger partial charge in [0.25, 0.3) is 0 Å². The second kappa shape index (κ2) is 7.59. The van der Waals surface area contributed by atoms with Crippen LogP contribution in [0.4, 0.5) is 0 Å². The number of hydrogen-bond donors (Lipinski definition) is 3. The number of esters is 1. The van der Waals surface area contributed by atoms with Crippen molar-refractivity contribution in [1.29, 1.82) is 0 Å². The number of rotatable bonds is 9. The predicted molar refractivity (Wildman–Crippen MR) is 64.9 cm³/mol. The van der Waals surface area contributed by atoms with Gasteiger partial charge in [-0.3, -0.25) is 14.4 Å². The molecule has 8 nitrogen and oxygen atoms in total. The molecule has 114 valence electrons. The van der Waals surface area contributed by atoms with E-state index in [1.165, 1.54) is 6.92 Å². The zero-order valence-electron chi connectivity index (χ0n) is 11.3. The van der Waals surface area contributed by atoms with Gasteiger partial charge in [-0.2, -0.15) is 0 Å². The number of hydrogen-bond acceptors (Lipinski definition) is 6. The van der Waals surface area contributed by atoms with E-state index in [2.05, 4.69) is 0 Å². The van der Waals surface area contributed by atoms with Gasteiger partial charge in [-0.25, -0.2) is 4.79 Å². The van der Waals surface area contributed by atoms with Gasteiger partial charge < -0.3 is 20.1 Å². The third kappa shape index (κ3) is 5.79. The minimum absolute atomic E-state index is 0.269. The third-order valence-electron chi connectivity index (χ3n) is 2.56. The summed E-state index contributed by atoms with van der Waals surface area (Å²) in [6.45, 7) is 2.98. The first-order valence-electron chi connectivity index (χ1n) is 6.00. The molecule has 0 amide bonds. The lowest BCUT2D eigenvalue weighted by molar-refractivity contribution is -0.174. The molecule has 8 heteroatoms. The third-order valence-corrected chi connectivity index (χ3v) is 2.56. The lowest BCUT2D eigenvalue weighted by Gasteiger charge is -2.22. The van der Waals surface area contributed by atoms with Gasteiger partial charge in [-0.05, 0) is 13.3 Å². The number of carbonyl (C=O) groups is 4. The first kappa shape index (κ1) is 18.0. The fraction of sp³-hybridized carbons (Fsp3) is 0.667. The molecule has 0 bridgehead atoms. The van der Waals surface area contributed by atoms with E-state index in [1.807, 2.05) is 0 Å². The van der Waals surface area contributed by atoms with Crippen molar-refractivity contribution >= 4 is 23.7 Å². The van der Waals surface area contributed by atoms with E-state index < -0.39 is 48.2 Å². The standard InChI is InChI=1S/C12H18O8/c1-3-4-8(7(2)13)20-10(16)6-12(19,11(17)18)5-9(14)15/h8,19H,3-6H2,1-2H3,(H,14,15)(H,17,18). The monoisotopic (exact) mass is 290 g/mol. The van der Waals surface area contributed by atoms with Gasteiger partial charge in [-0.1, -0.05) is 13.3 Å². The molecule has 2 unspecified atom stereocenters. The van der Waals surface area contributed by atoms with Crippen LogP contribution in [-0.4, -0.2) is 50.7 Å². The van der Waals surface area contributed by atoms with E-state index in [4.69, 9.17) is 14.9 Å². The second-order valence-corrected chi connectivity index (χ2v) is 4.46. The summed E-state index contributed by atoms with van der Waals surface area (Å²) < 4.78 is 4.78. The first-order valence-corrected chi connectivity index (χ1v) is 6.00. The zero-order chi connectivity index (χ0) is 15.9. The van der Waals surface area contributed by atoms with Crippen molar-refractivity contribution in [3.63, 3.8) is 0 Å². The van der Waals surface area contributed by atoms with Gasteiger partial charge >= 0.3 is 17.9 Å². The molecular weight excluding hydrogens is 272 g/mol. The maximum absolute atomic E-state index is 11.5. The molecule has 2 atom stereocenters. The highest BCUT2D eigenvalue weighted by Gasteiger charge is 2.42. The largest absolute Gasteiger partial charge is 0.481 e.